The fourth-order valence-electron chi connectivity index (χ4n) is 3.34. The van der Waals surface area contributed by atoms with E-state index in [0.717, 1.165) is 8.95 Å². The van der Waals surface area contributed by atoms with Crippen molar-refractivity contribution in [1.82, 2.24) is 15.4 Å². The van der Waals surface area contributed by atoms with Crippen molar-refractivity contribution in [3.8, 4) is 0 Å². The Bertz CT molecular complexity index is 1090. The minimum absolute atomic E-state index is 0.251. The number of amides is 3. The number of rotatable bonds is 6. The number of nitrogens with zero attached hydrogens (tertiary/aromatic N) is 2. The molecule has 3 amide bonds. The van der Waals surface area contributed by atoms with Gasteiger partial charge in [0.2, 0.25) is 11.8 Å². The second kappa shape index (κ2) is 10.2. The molecule has 1 fully saturated rings. The van der Waals surface area contributed by atoms with Crippen molar-refractivity contribution in [2.75, 3.05) is 10.6 Å². The molecular formula is C23H19Br2N5O3. The number of hydrogen-bond acceptors (Lipinski definition) is 5. The van der Waals surface area contributed by atoms with Gasteiger partial charge in [0, 0.05) is 44.7 Å². The molecule has 8 nitrogen and oxygen atoms in total. The first kappa shape index (κ1) is 23.1. The van der Waals surface area contributed by atoms with Crippen molar-refractivity contribution in [2.24, 2.45) is 0 Å². The molecule has 10 heteroatoms. The van der Waals surface area contributed by atoms with Crippen molar-refractivity contribution in [3.05, 3.63) is 87.6 Å². The number of carbonyl (C=O) groups excluding carboxylic acids is 3. The first-order valence-corrected chi connectivity index (χ1v) is 11.6. The third-order valence-electron chi connectivity index (χ3n) is 5.12. The zero-order valence-corrected chi connectivity index (χ0v) is 20.3. The number of aromatic nitrogens is 1. The fourth-order valence-corrected chi connectivity index (χ4v) is 3.87. The second-order valence-electron chi connectivity index (χ2n) is 7.34. The van der Waals surface area contributed by atoms with Gasteiger partial charge < -0.3 is 10.6 Å². The van der Waals surface area contributed by atoms with Crippen LogP contribution in [0.15, 0.2) is 82.0 Å². The van der Waals surface area contributed by atoms with Gasteiger partial charge in [0.25, 0.3) is 5.91 Å². The summed E-state index contributed by atoms with van der Waals surface area (Å²) in [6.07, 6.45) is 3.25. The van der Waals surface area contributed by atoms with Crippen molar-refractivity contribution < 1.29 is 14.4 Å². The van der Waals surface area contributed by atoms with E-state index in [0.29, 0.717) is 16.9 Å². The number of benzene rings is 2. The molecule has 0 radical (unpaired) electrons. The first-order valence-electron chi connectivity index (χ1n) is 10.0. The smallest absolute Gasteiger partial charge is 0.265 e. The van der Waals surface area contributed by atoms with Gasteiger partial charge in [-0.2, -0.15) is 5.01 Å². The van der Waals surface area contributed by atoms with E-state index in [2.05, 4.69) is 52.9 Å². The summed E-state index contributed by atoms with van der Waals surface area (Å²) in [5.74, 6) is -1.07. The van der Waals surface area contributed by atoms with Crippen LogP contribution >= 0.6 is 31.9 Å². The number of pyridine rings is 1. The minimum Gasteiger partial charge on any atom is -0.325 e. The predicted molar refractivity (Wildman–Crippen MR) is 131 cm³/mol. The van der Waals surface area contributed by atoms with Crippen LogP contribution in [0.25, 0.3) is 0 Å². The van der Waals surface area contributed by atoms with Gasteiger partial charge in [-0.25, -0.2) is 0 Å². The molecule has 3 N–H and O–H groups in total. The summed E-state index contributed by atoms with van der Waals surface area (Å²) < 4.78 is 1.78. The van der Waals surface area contributed by atoms with Crippen molar-refractivity contribution in [3.63, 3.8) is 0 Å². The highest BCUT2D eigenvalue weighted by Crippen LogP contribution is 2.27. The van der Waals surface area contributed by atoms with Crippen LogP contribution in [0.5, 0.6) is 0 Å². The van der Waals surface area contributed by atoms with Crippen LogP contribution in [0.1, 0.15) is 16.8 Å². The Labute approximate surface area is 207 Å². The largest absolute Gasteiger partial charge is 0.325 e. The third-order valence-corrected chi connectivity index (χ3v) is 6.18. The molecule has 3 aromatic rings. The van der Waals surface area contributed by atoms with Gasteiger partial charge in [-0.15, -0.1) is 0 Å². The molecule has 33 heavy (non-hydrogen) atoms. The van der Waals surface area contributed by atoms with Crippen molar-refractivity contribution in [2.45, 2.75) is 18.5 Å². The van der Waals surface area contributed by atoms with Crippen molar-refractivity contribution in [1.29, 1.82) is 0 Å². The van der Waals surface area contributed by atoms with Crippen LogP contribution in [0, 0.1) is 0 Å². The SMILES string of the molecule is O=C(NN1C(C(=O)Nc2ccc(Br)cc2)CC1C(=O)Nc1ccc(Br)cc1)c1ccncc1. The Morgan fingerprint density at radius 3 is 1.67 bits per heavy atom. The summed E-state index contributed by atoms with van der Waals surface area (Å²) in [5, 5.41) is 7.05. The van der Waals surface area contributed by atoms with Crippen molar-refractivity contribution >= 4 is 61.0 Å². The number of halogens is 2. The molecule has 1 aliphatic rings. The number of hydrogen-bond donors (Lipinski definition) is 3. The number of anilines is 2. The highest BCUT2D eigenvalue weighted by molar-refractivity contribution is 9.10. The van der Waals surface area contributed by atoms with Gasteiger partial charge in [0.1, 0.15) is 12.1 Å². The van der Waals surface area contributed by atoms with Crippen LogP contribution < -0.4 is 16.1 Å². The molecule has 2 aromatic carbocycles. The number of nitrogens with one attached hydrogen (secondary N) is 3. The maximum Gasteiger partial charge on any atom is 0.265 e. The summed E-state index contributed by atoms with van der Waals surface area (Å²) in [6.45, 7) is 0. The average molecular weight is 573 g/mol. The maximum atomic E-state index is 12.9. The lowest BCUT2D eigenvalue weighted by Gasteiger charge is -2.45. The quantitative estimate of drug-likeness (QED) is 0.415. The molecule has 0 bridgehead atoms. The van der Waals surface area contributed by atoms with Crippen LogP contribution in [0.3, 0.4) is 0 Å². The van der Waals surface area contributed by atoms with Gasteiger partial charge in [0.15, 0.2) is 0 Å². The van der Waals surface area contributed by atoms with E-state index >= 15 is 0 Å². The molecule has 1 aliphatic heterocycles. The third kappa shape index (κ3) is 5.65. The number of hydrazine groups is 1. The van der Waals surface area contributed by atoms with Crippen LogP contribution in [-0.2, 0) is 9.59 Å². The Hall–Kier alpha value is -3.08. The molecular weight excluding hydrogens is 554 g/mol. The predicted octanol–water partition coefficient (Wildman–Crippen LogP) is 3.97. The second-order valence-corrected chi connectivity index (χ2v) is 9.18. The Morgan fingerprint density at radius 2 is 1.21 bits per heavy atom. The lowest BCUT2D eigenvalue weighted by atomic mass is 9.93. The molecule has 2 unspecified atom stereocenters. The zero-order chi connectivity index (χ0) is 23.4. The van der Waals surface area contributed by atoms with E-state index in [1.807, 2.05) is 24.3 Å². The van der Waals surface area contributed by atoms with Gasteiger partial charge in [-0.05, 0) is 60.7 Å². The summed E-state index contributed by atoms with van der Waals surface area (Å²) in [7, 11) is 0. The number of carbonyl (C=O) groups is 3. The fraction of sp³-hybridized carbons (Fsp3) is 0.130. The summed E-state index contributed by atoms with van der Waals surface area (Å²) in [4.78, 5) is 42.4. The topological polar surface area (TPSA) is 103 Å². The lowest BCUT2D eigenvalue weighted by Crippen LogP contribution is -2.70. The van der Waals surface area contributed by atoms with E-state index in [4.69, 9.17) is 0 Å². The molecule has 2 atom stereocenters. The zero-order valence-electron chi connectivity index (χ0n) is 17.2. The van der Waals surface area contributed by atoms with Crippen LogP contribution in [0.2, 0.25) is 0 Å². The standard InChI is InChI=1S/C23H19Br2N5O3/c24-15-1-5-17(6-2-15)27-22(32)19-13-20(23(33)28-18-7-3-16(25)4-8-18)30(19)29-21(31)14-9-11-26-12-10-14/h1-12,19-20H,13H2,(H,27,32)(H,28,33)(H,29,31). The molecule has 2 heterocycles. The van der Waals surface area contributed by atoms with E-state index in [9.17, 15) is 14.4 Å². The Balaban J connectivity index is 1.49. The van der Waals surface area contributed by atoms with Crippen LogP contribution in [0.4, 0.5) is 11.4 Å². The first-order chi connectivity index (χ1) is 15.9. The van der Waals surface area contributed by atoms with Gasteiger partial charge >= 0.3 is 0 Å². The molecule has 4 rings (SSSR count). The summed E-state index contributed by atoms with van der Waals surface area (Å²) >= 11 is 6.72. The van der Waals surface area contributed by atoms with E-state index < -0.39 is 18.0 Å². The highest BCUT2D eigenvalue weighted by Gasteiger charge is 2.48. The van der Waals surface area contributed by atoms with Gasteiger partial charge in [0.05, 0.1) is 0 Å². The molecule has 1 saturated heterocycles. The van der Waals surface area contributed by atoms with E-state index in [1.165, 1.54) is 17.4 Å². The molecule has 168 valence electrons. The minimum atomic E-state index is -0.708. The lowest BCUT2D eigenvalue weighted by molar-refractivity contribution is -0.141. The summed E-state index contributed by atoms with van der Waals surface area (Å²) in [6, 6.07) is 16.0. The Morgan fingerprint density at radius 1 is 0.758 bits per heavy atom. The van der Waals surface area contributed by atoms with E-state index in [1.54, 1.807) is 36.4 Å². The normalized spacial score (nSPS) is 17.5. The van der Waals surface area contributed by atoms with Gasteiger partial charge in [-0.1, -0.05) is 31.9 Å². The molecule has 0 aliphatic carbocycles. The molecule has 1 aromatic heterocycles. The Kier molecular flexibility index (Phi) is 7.17. The highest BCUT2D eigenvalue weighted by atomic mass is 79.9. The summed E-state index contributed by atoms with van der Waals surface area (Å²) in [5.41, 5.74) is 4.32. The molecule has 0 saturated carbocycles. The van der Waals surface area contributed by atoms with Crippen LogP contribution in [-0.4, -0.2) is 39.8 Å². The van der Waals surface area contributed by atoms with Gasteiger partial charge in [-0.3, -0.25) is 24.8 Å². The maximum absolute atomic E-state index is 12.9. The monoisotopic (exact) mass is 571 g/mol. The molecule has 0 spiro atoms. The van der Waals surface area contributed by atoms with E-state index in [-0.39, 0.29) is 18.2 Å². The average Bonchev–Trinajstić information content (AvgIpc) is 2.80.